The molecule has 0 aliphatic carbocycles. The van der Waals surface area contributed by atoms with Crippen LogP contribution in [0.15, 0.2) is 0 Å². The normalized spacial score (nSPS) is 26.2. The number of aliphatic carboxylic acids is 1. The first kappa shape index (κ1) is 18.4. The molecule has 1 saturated heterocycles. The van der Waals surface area contributed by atoms with E-state index >= 15 is 0 Å². The lowest BCUT2D eigenvalue weighted by molar-refractivity contribution is -0.144. The van der Waals surface area contributed by atoms with Gasteiger partial charge in [0, 0.05) is 19.1 Å². The molecule has 0 aromatic carbocycles. The summed E-state index contributed by atoms with van der Waals surface area (Å²) in [5.74, 6) is -0.0546. The van der Waals surface area contributed by atoms with Crippen LogP contribution >= 0.6 is 0 Å². The van der Waals surface area contributed by atoms with Crippen LogP contribution in [-0.2, 0) is 4.79 Å². The number of carboxylic acids is 1. The fourth-order valence-corrected chi connectivity index (χ4v) is 3.23. The zero-order chi connectivity index (χ0) is 16.0. The minimum Gasteiger partial charge on any atom is -0.480 e. The van der Waals surface area contributed by atoms with Gasteiger partial charge in [-0.15, -0.1) is 0 Å². The molecule has 3 atom stereocenters. The number of carboxylic acid groups (broad SMARTS) is 1. The number of nitrogens with one attached hydrogen (secondary N) is 1. The second-order valence-electron chi connectivity index (χ2n) is 6.94. The topological polar surface area (TPSA) is 55.8 Å². The van der Waals surface area contributed by atoms with Gasteiger partial charge in [0.05, 0.1) is 0 Å². The molecule has 3 unspecified atom stereocenters. The SMILES string of the molecule is CCCNC(C)(CCCN1CC(C)C(N(C)C)C1)C(=O)O. The molecule has 1 aliphatic heterocycles. The molecule has 2 N–H and O–H groups in total. The van der Waals surface area contributed by atoms with Crippen molar-refractivity contribution < 1.29 is 9.90 Å². The van der Waals surface area contributed by atoms with Crippen molar-refractivity contribution in [3.8, 4) is 0 Å². The Morgan fingerprint density at radius 1 is 1.43 bits per heavy atom. The standard InChI is InChI=1S/C16H33N3O2/c1-6-9-17-16(3,15(20)21)8-7-10-19-11-13(2)14(12-19)18(4)5/h13-14,17H,6-12H2,1-5H3,(H,20,21). The van der Waals surface area contributed by atoms with Gasteiger partial charge >= 0.3 is 5.97 Å². The Morgan fingerprint density at radius 3 is 2.57 bits per heavy atom. The Bertz CT molecular complexity index is 335. The van der Waals surface area contributed by atoms with Crippen molar-refractivity contribution in [2.24, 2.45) is 5.92 Å². The third-order valence-corrected chi connectivity index (χ3v) is 4.70. The van der Waals surface area contributed by atoms with E-state index in [9.17, 15) is 9.90 Å². The van der Waals surface area contributed by atoms with Crippen molar-refractivity contribution in [3.05, 3.63) is 0 Å². The maximum absolute atomic E-state index is 11.5. The lowest BCUT2D eigenvalue weighted by atomic mass is 9.95. The quantitative estimate of drug-likeness (QED) is 0.675. The summed E-state index contributed by atoms with van der Waals surface area (Å²) in [6, 6.07) is 0.620. The van der Waals surface area contributed by atoms with E-state index in [1.165, 1.54) is 0 Å². The molecule has 0 amide bonds. The van der Waals surface area contributed by atoms with E-state index in [1.54, 1.807) is 6.92 Å². The monoisotopic (exact) mass is 299 g/mol. The number of hydrogen-bond donors (Lipinski definition) is 2. The van der Waals surface area contributed by atoms with Gasteiger partial charge in [-0.05, 0) is 59.3 Å². The van der Waals surface area contributed by atoms with Crippen LogP contribution in [-0.4, -0.2) is 72.7 Å². The first-order valence-electron chi connectivity index (χ1n) is 8.17. The number of likely N-dealkylation sites (tertiary alicyclic amines) is 1. The Hall–Kier alpha value is -0.650. The first-order chi connectivity index (χ1) is 9.80. The maximum Gasteiger partial charge on any atom is 0.323 e. The molecular weight excluding hydrogens is 266 g/mol. The number of carbonyl (C=O) groups is 1. The van der Waals surface area contributed by atoms with E-state index in [2.05, 4.69) is 43.1 Å². The summed E-state index contributed by atoms with van der Waals surface area (Å²) >= 11 is 0. The number of rotatable bonds is 9. The van der Waals surface area contributed by atoms with Crippen LogP contribution < -0.4 is 5.32 Å². The fourth-order valence-electron chi connectivity index (χ4n) is 3.23. The lowest BCUT2D eigenvalue weighted by Gasteiger charge is -2.27. The van der Waals surface area contributed by atoms with Crippen molar-refractivity contribution in [2.75, 3.05) is 40.3 Å². The average Bonchev–Trinajstić information content (AvgIpc) is 2.77. The number of hydrogen-bond acceptors (Lipinski definition) is 4. The second kappa shape index (κ2) is 8.11. The number of nitrogens with zero attached hydrogens (tertiary/aromatic N) is 2. The first-order valence-corrected chi connectivity index (χ1v) is 8.17. The minimum absolute atomic E-state index is 0.620. The van der Waals surface area contributed by atoms with Gasteiger partial charge in [-0.2, -0.15) is 0 Å². The molecule has 0 spiro atoms. The molecule has 0 saturated carbocycles. The average molecular weight is 299 g/mol. The predicted octanol–water partition coefficient (Wildman–Crippen LogP) is 1.49. The lowest BCUT2D eigenvalue weighted by Crippen LogP contribution is -2.50. The highest BCUT2D eigenvalue weighted by Crippen LogP contribution is 2.21. The Morgan fingerprint density at radius 2 is 2.10 bits per heavy atom. The largest absolute Gasteiger partial charge is 0.480 e. The fraction of sp³-hybridized carbons (Fsp3) is 0.938. The highest BCUT2D eigenvalue weighted by Gasteiger charge is 2.33. The van der Waals surface area contributed by atoms with Crippen molar-refractivity contribution in [1.29, 1.82) is 0 Å². The van der Waals surface area contributed by atoms with E-state index in [0.29, 0.717) is 18.4 Å². The summed E-state index contributed by atoms with van der Waals surface area (Å²) in [7, 11) is 4.28. The molecule has 21 heavy (non-hydrogen) atoms. The van der Waals surface area contributed by atoms with Gasteiger partial charge in [0.2, 0.25) is 0 Å². The molecule has 0 aromatic rings. The van der Waals surface area contributed by atoms with Gasteiger partial charge in [-0.1, -0.05) is 13.8 Å². The van der Waals surface area contributed by atoms with E-state index in [0.717, 1.165) is 39.0 Å². The smallest absolute Gasteiger partial charge is 0.323 e. The van der Waals surface area contributed by atoms with E-state index in [4.69, 9.17) is 0 Å². The van der Waals surface area contributed by atoms with Gasteiger partial charge in [0.25, 0.3) is 0 Å². The molecule has 0 aromatic heterocycles. The summed E-state index contributed by atoms with van der Waals surface area (Å²) in [6.07, 6.45) is 2.56. The summed E-state index contributed by atoms with van der Waals surface area (Å²) in [5.41, 5.74) is -0.789. The molecule has 124 valence electrons. The van der Waals surface area contributed by atoms with Crippen molar-refractivity contribution in [3.63, 3.8) is 0 Å². The number of likely N-dealkylation sites (N-methyl/N-ethyl adjacent to an activating group) is 1. The zero-order valence-corrected chi connectivity index (χ0v) is 14.4. The molecular formula is C16H33N3O2. The highest BCUT2D eigenvalue weighted by molar-refractivity contribution is 5.78. The third kappa shape index (κ3) is 5.24. The van der Waals surface area contributed by atoms with Crippen LogP contribution in [0, 0.1) is 5.92 Å². The van der Waals surface area contributed by atoms with Crippen molar-refractivity contribution in [1.82, 2.24) is 15.1 Å². The summed E-state index contributed by atoms with van der Waals surface area (Å²) in [4.78, 5) is 16.2. The van der Waals surface area contributed by atoms with Crippen molar-refractivity contribution >= 4 is 5.97 Å². The summed E-state index contributed by atoms with van der Waals surface area (Å²) in [5, 5.41) is 12.6. The van der Waals surface area contributed by atoms with Crippen LogP contribution in [0.3, 0.4) is 0 Å². The highest BCUT2D eigenvalue weighted by atomic mass is 16.4. The van der Waals surface area contributed by atoms with Gasteiger partial charge in [-0.25, -0.2) is 0 Å². The molecule has 1 fully saturated rings. The predicted molar refractivity (Wildman–Crippen MR) is 86.6 cm³/mol. The molecule has 0 bridgehead atoms. The summed E-state index contributed by atoms with van der Waals surface area (Å²) in [6.45, 7) is 10.1. The maximum atomic E-state index is 11.5. The van der Waals surface area contributed by atoms with Crippen LogP contribution in [0.4, 0.5) is 0 Å². The Kier molecular flexibility index (Phi) is 7.10. The molecule has 1 heterocycles. The van der Waals surface area contributed by atoms with Gasteiger partial charge in [0.1, 0.15) is 5.54 Å². The second-order valence-corrected chi connectivity index (χ2v) is 6.94. The Labute approximate surface area is 129 Å². The van der Waals surface area contributed by atoms with Crippen LogP contribution in [0.2, 0.25) is 0 Å². The zero-order valence-electron chi connectivity index (χ0n) is 14.4. The van der Waals surface area contributed by atoms with Crippen LogP contribution in [0.25, 0.3) is 0 Å². The minimum atomic E-state index is -0.789. The molecule has 1 aliphatic rings. The molecule has 0 radical (unpaired) electrons. The molecule has 5 nitrogen and oxygen atoms in total. The van der Waals surface area contributed by atoms with Crippen LogP contribution in [0.5, 0.6) is 0 Å². The van der Waals surface area contributed by atoms with E-state index in [-0.39, 0.29) is 0 Å². The van der Waals surface area contributed by atoms with Crippen molar-refractivity contribution in [2.45, 2.75) is 51.6 Å². The molecule has 5 heteroatoms. The Balaban J connectivity index is 2.40. The van der Waals surface area contributed by atoms with Gasteiger partial charge in [-0.3, -0.25) is 4.79 Å². The third-order valence-electron chi connectivity index (χ3n) is 4.70. The summed E-state index contributed by atoms with van der Waals surface area (Å²) < 4.78 is 0. The van der Waals surface area contributed by atoms with E-state index < -0.39 is 11.5 Å². The molecule has 1 rings (SSSR count). The van der Waals surface area contributed by atoms with E-state index in [1.807, 2.05) is 0 Å². The van der Waals surface area contributed by atoms with Crippen LogP contribution in [0.1, 0.15) is 40.0 Å². The van der Waals surface area contributed by atoms with Gasteiger partial charge < -0.3 is 20.2 Å². The van der Waals surface area contributed by atoms with Gasteiger partial charge in [0.15, 0.2) is 0 Å².